The molecule has 0 bridgehead atoms. The number of phenolic OH excluding ortho intramolecular Hbond substituents is 1. The van der Waals surface area contributed by atoms with Crippen LogP contribution in [0.3, 0.4) is 0 Å². The third kappa shape index (κ3) is 3.89. The maximum atomic E-state index is 11.7. The van der Waals surface area contributed by atoms with Crippen molar-refractivity contribution >= 4 is 23.0 Å². The van der Waals surface area contributed by atoms with Crippen molar-refractivity contribution in [3.63, 3.8) is 0 Å². The fraction of sp³-hybridized carbons (Fsp3) is 0.214. The highest BCUT2D eigenvalue weighted by atomic mass is 32.1. The smallest absolute Gasteiger partial charge is 0.246 e. The molecule has 0 aliphatic carbocycles. The van der Waals surface area contributed by atoms with Crippen molar-refractivity contribution in [2.75, 3.05) is 0 Å². The number of aromatic hydroxyl groups is 1. The van der Waals surface area contributed by atoms with E-state index in [1.807, 2.05) is 12.3 Å². The molecule has 2 aromatic rings. The van der Waals surface area contributed by atoms with Crippen LogP contribution in [0, 0.1) is 6.92 Å². The van der Waals surface area contributed by atoms with Crippen molar-refractivity contribution in [3.8, 4) is 5.75 Å². The highest BCUT2D eigenvalue weighted by Gasteiger charge is 2.06. The Morgan fingerprint density at radius 1 is 1.40 bits per heavy atom. The zero-order valence-electron chi connectivity index (χ0n) is 11.3. The summed E-state index contributed by atoms with van der Waals surface area (Å²) in [5, 5.41) is 16.1. The number of benzene rings is 1. The van der Waals surface area contributed by atoms with Gasteiger partial charge in [-0.25, -0.2) is 10.4 Å². The van der Waals surface area contributed by atoms with Gasteiger partial charge in [-0.2, -0.15) is 5.10 Å². The fourth-order valence-electron chi connectivity index (χ4n) is 1.61. The van der Waals surface area contributed by atoms with E-state index in [0.29, 0.717) is 5.71 Å². The Morgan fingerprint density at radius 2 is 2.10 bits per heavy atom. The van der Waals surface area contributed by atoms with E-state index < -0.39 is 0 Å². The molecule has 0 aliphatic rings. The lowest BCUT2D eigenvalue weighted by Crippen LogP contribution is -2.21. The number of hydrogen-bond donors (Lipinski definition) is 2. The first-order valence-electron chi connectivity index (χ1n) is 6.08. The summed E-state index contributed by atoms with van der Waals surface area (Å²) in [5.74, 6) is -0.00193. The zero-order chi connectivity index (χ0) is 14.5. The third-order valence-corrected chi connectivity index (χ3v) is 3.46. The summed E-state index contributed by atoms with van der Waals surface area (Å²) in [6, 6.07) is 6.64. The number of carbonyl (C=O) groups excluding carboxylic acids is 1. The molecule has 1 aromatic carbocycles. The Morgan fingerprint density at radius 3 is 2.70 bits per heavy atom. The number of hydrazone groups is 1. The molecule has 2 rings (SSSR count). The Balaban J connectivity index is 1.94. The van der Waals surface area contributed by atoms with Gasteiger partial charge in [0.15, 0.2) is 0 Å². The van der Waals surface area contributed by atoms with Crippen molar-refractivity contribution < 1.29 is 9.90 Å². The molecule has 1 heterocycles. The van der Waals surface area contributed by atoms with Crippen LogP contribution < -0.4 is 5.43 Å². The van der Waals surface area contributed by atoms with E-state index in [1.54, 1.807) is 31.2 Å². The summed E-state index contributed by atoms with van der Waals surface area (Å²) in [5.41, 5.74) is 4.77. The van der Waals surface area contributed by atoms with Gasteiger partial charge in [0.2, 0.25) is 5.91 Å². The van der Waals surface area contributed by atoms with E-state index in [4.69, 9.17) is 0 Å². The first-order valence-corrected chi connectivity index (χ1v) is 6.96. The number of amides is 1. The Hall–Kier alpha value is -2.21. The maximum absolute atomic E-state index is 11.7. The zero-order valence-corrected chi connectivity index (χ0v) is 12.1. The van der Waals surface area contributed by atoms with Gasteiger partial charge in [0.05, 0.1) is 22.8 Å². The van der Waals surface area contributed by atoms with Crippen LogP contribution >= 0.6 is 11.3 Å². The molecule has 0 spiro atoms. The molecule has 0 unspecified atom stereocenters. The van der Waals surface area contributed by atoms with Crippen molar-refractivity contribution in [1.82, 2.24) is 10.4 Å². The number of phenols is 1. The summed E-state index contributed by atoms with van der Waals surface area (Å²) >= 11 is 1.52. The first kappa shape index (κ1) is 14.2. The van der Waals surface area contributed by atoms with Gasteiger partial charge < -0.3 is 5.11 Å². The van der Waals surface area contributed by atoms with Crippen molar-refractivity contribution in [3.05, 3.63) is 45.9 Å². The van der Waals surface area contributed by atoms with Crippen LogP contribution in [-0.4, -0.2) is 21.7 Å². The second kappa shape index (κ2) is 6.29. The standard InChI is InChI=1S/C14H15N3O2S/c1-9(11-3-5-13(18)6-4-11)16-17-14(19)7-12-8-20-10(2)15-12/h3-6,8,18H,7H2,1-2H3,(H,17,19)/b16-9+. The second-order valence-electron chi connectivity index (χ2n) is 4.31. The number of rotatable bonds is 4. The highest BCUT2D eigenvalue weighted by molar-refractivity contribution is 7.09. The van der Waals surface area contributed by atoms with Gasteiger partial charge in [-0.1, -0.05) is 0 Å². The van der Waals surface area contributed by atoms with Gasteiger partial charge in [-0.05, 0) is 43.7 Å². The van der Waals surface area contributed by atoms with Crippen molar-refractivity contribution in [2.24, 2.45) is 5.10 Å². The lowest BCUT2D eigenvalue weighted by Gasteiger charge is -2.02. The second-order valence-corrected chi connectivity index (χ2v) is 5.38. The van der Waals surface area contributed by atoms with E-state index in [9.17, 15) is 9.90 Å². The molecule has 0 aliphatic heterocycles. The molecule has 1 aromatic heterocycles. The maximum Gasteiger partial charge on any atom is 0.246 e. The van der Waals surface area contributed by atoms with Crippen LogP contribution in [0.1, 0.15) is 23.2 Å². The minimum atomic E-state index is -0.201. The molecule has 0 radical (unpaired) electrons. The van der Waals surface area contributed by atoms with Gasteiger partial charge in [0.1, 0.15) is 5.75 Å². The van der Waals surface area contributed by atoms with Gasteiger partial charge in [-0.15, -0.1) is 11.3 Å². The summed E-state index contributed by atoms with van der Waals surface area (Å²) in [6.07, 6.45) is 0.219. The van der Waals surface area contributed by atoms with Gasteiger partial charge in [0.25, 0.3) is 0 Å². The van der Waals surface area contributed by atoms with Crippen molar-refractivity contribution in [2.45, 2.75) is 20.3 Å². The van der Waals surface area contributed by atoms with Crippen molar-refractivity contribution in [1.29, 1.82) is 0 Å². The summed E-state index contributed by atoms with van der Waals surface area (Å²) in [6.45, 7) is 3.69. The van der Waals surface area contributed by atoms with Crippen LogP contribution in [0.25, 0.3) is 0 Å². The number of aromatic nitrogens is 1. The van der Waals surface area contributed by atoms with Crippen LogP contribution in [-0.2, 0) is 11.2 Å². The lowest BCUT2D eigenvalue weighted by atomic mass is 10.1. The predicted molar refractivity (Wildman–Crippen MR) is 79.0 cm³/mol. The molecule has 1 amide bonds. The quantitative estimate of drug-likeness (QED) is 0.669. The fourth-order valence-corrected chi connectivity index (χ4v) is 2.22. The Bertz CT molecular complexity index is 632. The highest BCUT2D eigenvalue weighted by Crippen LogP contribution is 2.10. The molecule has 20 heavy (non-hydrogen) atoms. The molecular weight excluding hydrogens is 274 g/mol. The number of thiazole rings is 1. The van der Waals surface area contributed by atoms with E-state index in [1.165, 1.54) is 11.3 Å². The topological polar surface area (TPSA) is 74.6 Å². The van der Waals surface area contributed by atoms with Gasteiger partial charge in [0, 0.05) is 5.38 Å². The average Bonchev–Trinajstić information content (AvgIpc) is 2.82. The molecule has 0 saturated carbocycles. The first-order chi connectivity index (χ1) is 9.54. The molecule has 0 atom stereocenters. The Labute approximate surface area is 121 Å². The molecule has 5 nitrogen and oxygen atoms in total. The third-order valence-electron chi connectivity index (χ3n) is 2.64. The normalized spacial score (nSPS) is 11.4. The molecule has 6 heteroatoms. The minimum absolute atomic E-state index is 0.199. The molecule has 2 N–H and O–H groups in total. The van der Waals surface area contributed by atoms with E-state index in [2.05, 4.69) is 15.5 Å². The average molecular weight is 289 g/mol. The number of hydrogen-bond acceptors (Lipinski definition) is 5. The summed E-state index contributed by atoms with van der Waals surface area (Å²) < 4.78 is 0. The SMILES string of the molecule is C/C(=N\NC(=O)Cc1csc(C)n1)c1ccc(O)cc1. The number of nitrogens with zero attached hydrogens (tertiary/aromatic N) is 2. The Kier molecular flexibility index (Phi) is 4.47. The number of carbonyl (C=O) groups is 1. The van der Waals surface area contributed by atoms with E-state index in [0.717, 1.165) is 16.3 Å². The molecule has 0 fully saturated rings. The van der Waals surface area contributed by atoms with Crippen LogP contribution in [0.5, 0.6) is 5.75 Å². The summed E-state index contributed by atoms with van der Waals surface area (Å²) in [4.78, 5) is 15.9. The van der Waals surface area contributed by atoms with E-state index in [-0.39, 0.29) is 18.1 Å². The van der Waals surface area contributed by atoms with E-state index >= 15 is 0 Å². The lowest BCUT2D eigenvalue weighted by molar-refractivity contribution is -0.120. The van der Waals surface area contributed by atoms with Crippen LogP contribution in [0.4, 0.5) is 0 Å². The van der Waals surface area contributed by atoms with Gasteiger partial charge in [-0.3, -0.25) is 4.79 Å². The largest absolute Gasteiger partial charge is 0.508 e. The predicted octanol–water partition coefficient (Wildman–Crippen LogP) is 2.24. The van der Waals surface area contributed by atoms with Gasteiger partial charge >= 0.3 is 0 Å². The molecular formula is C14H15N3O2S. The number of nitrogens with one attached hydrogen (secondary N) is 1. The van der Waals surface area contributed by atoms with Crippen LogP contribution in [0.15, 0.2) is 34.7 Å². The number of aryl methyl sites for hydroxylation is 1. The summed E-state index contributed by atoms with van der Waals surface area (Å²) in [7, 11) is 0. The molecule has 0 saturated heterocycles. The minimum Gasteiger partial charge on any atom is -0.508 e. The monoisotopic (exact) mass is 289 g/mol. The van der Waals surface area contributed by atoms with Crippen LogP contribution in [0.2, 0.25) is 0 Å². The molecule has 104 valence electrons.